The van der Waals surface area contributed by atoms with Crippen LogP contribution in [0, 0.1) is 0 Å². The van der Waals surface area contributed by atoms with Crippen LogP contribution in [0.4, 0.5) is 34.1 Å². The largest absolute Gasteiger partial charge is 0.505 e. The Morgan fingerprint density at radius 2 is 1.35 bits per heavy atom. The van der Waals surface area contributed by atoms with Crippen LogP contribution in [0.5, 0.6) is 5.75 Å². The van der Waals surface area contributed by atoms with Gasteiger partial charge in [-0.2, -0.15) is 25.3 Å². The third-order valence-electron chi connectivity index (χ3n) is 6.94. The van der Waals surface area contributed by atoms with Gasteiger partial charge in [0.05, 0.1) is 27.6 Å². The molecular weight excluding hydrogens is 705 g/mol. The number of carbonyl (C=O) groups excluding carboxylic acids is 1. The van der Waals surface area contributed by atoms with Crippen molar-refractivity contribution in [2.75, 3.05) is 21.9 Å². The summed E-state index contributed by atoms with van der Waals surface area (Å²) in [5.41, 5.74) is 11.7. The van der Waals surface area contributed by atoms with Gasteiger partial charge in [-0.1, -0.05) is 12.6 Å². The molecule has 0 fully saturated rings. The first-order chi connectivity index (χ1) is 22.9. The van der Waals surface area contributed by atoms with E-state index in [0.717, 1.165) is 36.4 Å². The fraction of sp³-hybridized carbons (Fsp3) is 0. The molecule has 0 saturated heterocycles. The van der Waals surface area contributed by atoms with Gasteiger partial charge in [0, 0.05) is 21.8 Å². The molecule has 20 heteroatoms. The Kier molecular flexibility index (Phi) is 9.03. The number of carbonyl (C=O) groups is 1. The molecule has 0 spiro atoms. The predicted octanol–water partition coefficient (Wildman–Crippen LogP) is 5.00. The van der Waals surface area contributed by atoms with Crippen molar-refractivity contribution < 1.29 is 48.8 Å². The first kappa shape index (κ1) is 34.7. The van der Waals surface area contributed by atoms with E-state index in [9.17, 15) is 48.8 Å². The molecule has 254 valence electrons. The quantitative estimate of drug-likeness (QED) is 0.0309. The maximum atomic E-state index is 12.3. The molecule has 49 heavy (non-hydrogen) atoms. The number of fused-ring (bicyclic) bond motifs is 2. The molecule has 1 amide bonds. The lowest BCUT2D eigenvalue weighted by Crippen LogP contribution is -2.10. The molecule has 0 bridgehead atoms. The normalized spacial score (nSPS) is 12.3. The minimum Gasteiger partial charge on any atom is -0.505 e. The summed E-state index contributed by atoms with van der Waals surface area (Å²) in [5, 5.41) is 21.4. The summed E-state index contributed by atoms with van der Waals surface area (Å²) >= 11 is 0. The molecule has 0 unspecified atom stereocenters. The van der Waals surface area contributed by atoms with Gasteiger partial charge in [0.15, 0.2) is 5.75 Å². The summed E-state index contributed by atoms with van der Waals surface area (Å²) in [5.74, 6) is -1.28. The van der Waals surface area contributed by atoms with E-state index in [1.807, 2.05) is 0 Å². The predicted molar refractivity (Wildman–Crippen MR) is 180 cm³/mol. The molecular formula is C29H24N6O11S3. The fourth-order valence-electron chi connectivity index (χ4n) is 4.65. The van der Waals surface area contributed by atoms with E-state index in [1.54, 1.807) is 24.3 Å². The third kappa shape index (κ3) is 7.43. The summed E-state index contributed by atoms with van der Waals surface area (Å²) in [4.78, 5) is 9.22. The van der Waals surface area contributed by atoms with E-state index in [-0.39, 0.29) is 21.8 Å². The monoisotopic (exact) mass is 728 g/mol. The third-order valence-corrected chi connectivity index (χ3v) is 9.56. The van der Waals surface area contributed by atoms with Gasteiger partial charge in [-0.25, -0.2) is 0 Å². The molecule has 9 N–H and O–H groups in total. The number of phenols is 1. The van der Waals surface area contributed by atoms with Gasteiger partial charge in [-0.05, 0) is 78.2 Å². The number of hydrogen-bond acceptors (Lipinski definition) is 13. The van der Waals surface area contributed by atoms with Crippen molar-refractivity contribution in [2.45, 2.75) is 14.7 Å². The maximum absolute atomic E-state index is 12.3. The molecule has 0 aliphatic carbocycles. The van der Waals surface area contributed by atoms with E-state index in [0.29, 0.717) is 22.4 Å². The van der Waals surface area contributed by atoms with Crippen molar-refractivity contribution in [2.24, 2.45) is 10.2 Å². The lowest BCUT2D eigenvalue weighted by atomic mass is 10.1. The fourth-order valence-corrected chi connectivity index (χ4v) is 6.45. The van der Waals surface area contributed by atoms with Gasteiger partial charge in [0.25, 0.3) is 30.4 Å². The van der Waals surface area contributed by atoms with Crippen LogP contribution in [0.3, 0.4) is 0 Å². The highest BCUT2D eigenvalue weighted by Crippen LogP contribution is 2.44. The highest BCUT2D eigenvalue weighted by atomic mass is 32.2. The number of amides is 1. The summed E-state index contributed by atoms with van der Waals surface area (Å²) in [6, 6.07) is 15.4. The van der Waals surface area contributed by atoms with Crippen molar-refractivity contribution in [3.8, 4) is 5.75 Å². The number of nitrogen functional groups attached to an aromatic ring is 1. The van der Waals surface area contributed by atoms with Crippen molar-refractivity contribution in [3.63, 3.8) is 0 Å². The van der Waals surface area contributed by atoms with E-state index >= 15 is 0 Å². The van der Waals surface area contributed by atoms with E-state index in [2.05, 4.69) is 33.0 Å². The van der Waals surface area contributed by atoms with E-state index < -0.39 is 68.1 Å². The number of rotatable bonds is 10. The molecule has 0 heterocycles. The number of nitrogens with two attached hydrogens (primary N) is 1. The Balaban J connectivity index is 1.60. The number of nitrogens with one attached hydrogen (secondary N) is 3. The minimum absolute atomic E-state index is 0.0730. The Labute approximate surface area is 278 Å². The highest BCUT2D eigenvalue weighted by molar-refractivity contribution is 7.86. The minimum atomic E-state index is -5.14. The van der Waals surface area contributed by atoms with Crippen molar-refractivity contribution in [1.82, 2.24) is 0 Å². The van der Waals surface area contributed by atoms with Gasteiger partial charge in [0.1, 0.15) is 15.5 Å². The molecule has 5 aromatic rings. The number of nitrogens with zero attached hydrogens (tertiary/aromatic N) is 2. The molecule has 0 radical (unpaired) electrons. The summed E-state index contributed by atoms with van der Waals surface area (Å²) in [7, 11) is -14.7. The van der Waals surface area contributed by atoms with Crippen molar-refractivity contribution >= 4 is 91.9 Å². The Morgan fingerprint density at radius 3 is 1.96 bits per heavy atom. The van der Waals surface area contributed by atoms with Crippen LogP contribution < -0.4 is 21.9 Å². The summed E-state index contributed by atoms with van der Waals surface area (Å²) in [6.07, 6.45) is 1.12. The number of aromatic hydroxyl groups is 1. The summed E-state index contributed by atoms with van der Waals surface area (Å²) in [6.45, 7) is 3.39. The van der Waals surface area contributed by atoms with Crippen LogP contribution in [0.1, 0.15) is 0 Å². The topological polar surface area (TPSA) is 287 Å². The molecule has 5 aromatic carbocycles. The van der Waals surface area contributed by atoms with Gasteiger partial charge in [-0.15, -0.1) is 10.2 Å². The smallest absolute Gasteiger partial charge is 0.296 e. The Morgan fingerprint density at radius 1 is 0.714 bits per heavy atom. The maximum Gasteiger partial charge on any atom is 0.296 e. The summed E-state index contributed by atoms with van der Waals surface area (Å²) < 4.78 is 101. The average molecular weight is 729 g/mol. The number of phenolic OH excluding ortho intramolecular Hbond substituents is 1. The molecule has 5 rings (SSSR count). The SMILES string of the molecule is C=CC(=O)Nc1ccc(NNc2ccc(N=Nc3c(S(=O)(=O)O)cc4cc(S(=O)(=O)O)c(N)cc4c3O)c3cc(S(=O)(=O)O)ccc23)cc1. The number of azo groups is 1. The van der Waals surface area contributed by atoms with Crippen LogP contribution >= 0.6 is 0 Å². The van der Waals surface area contributed by atoms with Crippen LogP contribution in [0.2, 0.25) is 0 Å². The molecule has 0 aliphatic rings. The van der Waals surface area contributed by atoms with Gasteiger partial charge in [0.2, 0.25) is 5.91 Å². The second kappa shape index (κ2) is 12.8. The number of hydrazine groups is 1. The van der Waals surface area contributed by atoms with Gasteiger partial charge >= 0.3 is 0 Å². The second-order valence-corrected chi connectivity index (χ2v) is 14.4. The van der Waals surface area contributed by atoms with Crippen LogP contribution in [-0.2, 0) is 35.1 Å². The number of benzene rings is 5. The zero-order valence-electron chi connectivity index (χ0n) is 24.6. The first-order valence-corrected chi connectivity index (χ1v) is 17.7. The molecule has 0 atom stereocenters. The van der Waals surface area contributed by atoms with Crippen LogP contribution in [0.15, 0.2) is 110 Å². The Bertz CT molecular complexity index is 2560. The second-order valence-electron chi connectivity index (χ2n) is 10.2. The van der Waals surface area contributed by atoms with E-state index in [1.165, 1.54) is 18.2 Å². The zero-order chi connectivity index (χ0) is 35.9. The zero-order valence-corrected chi connectivity index (χ0v) is 27.0. The van der Waals surface area contributed by atoms with Gasteiger partial charge < -0.3 is 27.0 Å². The van der Waals surface area contributed by atoms with E-state index in [4.69, 9.17) is 5.73 Å². The number of hydrogen-bond donors (Lipinski definition) is 8. The van der Waals surface area contributed by atoms with Crippen LogP contribution in [0.25, 0.3) is 21.5 Å². The average Bonchev–Trinajstić information content (AvgIpc) is 3.02. The van der Waals surface area contributed by atoms with Crippen molar-refractivity contribution in [3.05, 3.63) is 85.5 Å². The highest BCUT2D eigenvalue weighted by Gasteiger charge is 2.25. The van der Waals surface area contributed by atoms with Gasteiger partial charge in [-0.3, -0.25) is 18.5 Å². The van der Waals surface area contributed by atoms with Crippen LogP contribution in [-0.4, -0.2) is 49.9 Å². The van der Waals surface area contributed by atoms with Crippen molar-refractivity contribution in [1.29, 1.82) is 0 Å². The first-order valence-electron chi connectivity index (χ1n) is 13.4. The lowest BCUT2D eigenvalue weighted by molar-refractivity contribution is -0.111. The lowest BCUT2D eigenvalue weighted by Gasteiger charge is -2.14. The molecule has 0 aromatic heterocycles. The Hall–Kier alpha value is -5.64. The molecule has 17 nitrogen and oxygen atoms in total. The number of anilines is 4. The molecule has 0 saturated carbocycles. The standard InChI is InChI=1S/C29H24N6O11S3/c1-2-27(36)31-16-3-5-17(6-4-16)32-33-23-9-10-24(21-13-18(47(38,39)40)7-8-19(21)23)34-35-28-26(49(44,45)46)12-15-11-25(48(41,42)43)22(30)14-20(15)29(28)37/h2-14,32-33,37H,1,30H2,(H,31,36)(H,38,39,40)(H,41,42,43)(H,44,45,46). The molecule has 0 aliphatic heterocycles.